The second-order valence-electron chi connectivity index (χ2n) is 7.86. The minimum absolute atomic E-state index is 0.210. The Balaban J connectivity index is 1.42. The Morgan fingerprint density at radius 3 is 2.23 bits per heavy atom. The van der Waals surface area contributed by atoms with E-state index in [0.29, 0.717) is 22.8 Å². The summed E-state index contributed by atoms with van der Waals surface area (Å²) in [4.78, 5) is 25.1. The van der Waals surface area contributed by atoms with Gasteiger partial charge in [-0.3, -0.25) is 4.79 Å². The van der Waals surface area contributed by atoms with Crippen molar-refractivity contribution < 1.29 is 19.1 Å². The molecule has 30 heavy (non-hydrogen) atoms. The molecular formula is C26H26O4. The number of esters is 1. The van der Waals surface area contributed by atoms with Gasteiger partial charge in [-0.25, -0.2) is 4.79 Å². The van der Waals surface area contributed by atoms with Crippen LogP contribution in [0.15, 0.2) is 60.7 Å². The van der Waals surface area contributed by atoms with Crippen molar-refractivity contribution in [3.05, 3.63) is 77.4 Å². The SMILES string of the molecule is COc1cc2ccccc2cc1C(=O)OCC(=O)c1ccc(C2CCCCC2)cc1. The molecule has 0 N–H and O–H groups in total. The topological polar surface area (TPSA) is 52.6 Å². The smallest absolute Gasteiger partial charge is 0.342 e. The molecule has 0 saturated heterocycles. The first kappa shape index (κ1) is 20.1. The maximum absolute atomic E-state index is 12.6. The van der Waals surface area contributed by atoms with Gasteiger partial charge in [0, 0.05) is 5.56 Å². The number of hydrogen-bond acceptors (Lipinski definition) is 4. The molecule has 4 nitrogen and oxygen atoms in total. The van der Waals surface area contributed by atoms with Gasteiger partial charge < -0.3 is 9.47 Å². The summed E-state index contributed by atoms with van der Waals surface area (Å²) in [5.74, 6) is 0.257. The van der Waals surface area contributed by atoms with E-state index in [1.165, 1.54) is 44.8 Å². The van der Waals surface area contributed by atoms with E-state index in [-0.39, 0.29) is 12.4 Å². The number of hydrogen-bond donors (Lipinski definition) is 0. The molecule has 0 spiro atoms. The second kappa shape index (κ2) is 9.12. The Morgan fingerprint density at radius 1 is 0.900 bits per heavy atom. The maximum atomic E-state index is 12.6. The van der Waals surface area contributed by atoms with Crippen molar-refractivity contribution in [2.75, 3.05) is 13.7 Å². The molecule has 1 aliphatic carbocycles. The number of carbonyl (C=O) groups excluding carboxylic acids is 2. The fourth-order valence-corrected chi connectivity index (χ4v) is 4.22. The van der Waals surface area contributed by atoms with Crippen LogP contribution in [0.5, 0.6) is 5.75 Å². The Hall–Kier alpha value is -3.14. The van der Waals surface area contributed by atoms with Crippen molar-refractivity contribution in [1.29, 1.82) is 0 Å². The third-order valence-corrected chi connectivity index (χ3v) is 5.93. The van der Waals surface area contributed by atoms with Gasteiger partial charge in [0.25, 0.3) is 0 Å². The molecular weight excluding hydrogens is 376 g/mol. The molecule has 154 valence electrons. The van der Waals surface area contributed by atoms with Crippen LogP contribution in [0.2, 0.25) is 0 Å². The van der Waals surface area contributed by atoms with Gasteiger partial charge in [-0.2, -0.15) is 0 Å². The molecule has 1 saturated carbocycles. The quantitative estimate of drug-likeness (QED) is 0.378. The summed E-state index contributed by atoms with van der Waals surface area (Å²) in [6, 6.07) is 19.0. The van der Waals surface area contributed by atoms with Gasteiger partial charge in [0.2, 0.25) is 0 Å². The summed E-state index contributed by atoms with van der Waals surface area (Å²) >= 11 is 0. The lowest BCUT2D eigenvalue weighted by atomic mass is 9.84. The highest BCUT2D eigenvalue weighted by Crippen LogP contribution is 2.32. The van der Waals surface area contributed by atoms with Gasteiger partial charge in [0.1, 0.15) is 11.3 Å². The summed E-state index contributed by atoms with van der Waals surface area (Å²) in [6.45, 7) is -0.294. The van der Waals surface area contributed by atoms with E-state index >= 15 is 0 Å². The number of Topliss-reactive ketones (excluding diaryl/α,β-unsaturated/α-hetero) is 1. The summed E-state index contributed by atoms with van der Waals surface area (Å²) < 4.78 is 10.7. The number of methoxy groups -OCH3 is 1. The van der Waals surface area contributed by atoms with Crippen LogP contribution in [0.25, 0.3) is 10.8 Å². The number of carbonyl (C=O) groups is 2. The highest BCUT2D eigenvalue weighted by atomic mass is 16.5. The van der Waals surface area contributed by atoms with Crippen molar-refractivity contribution >= 4 is 22.5 Å². The predicted octanol–water partition coefficient (Wildman–Crippen LogP) is 5.94. The van der Waals surface area contributed by atoms with E-state index in [1.54, 1.807) is 12.1 Å². The van der Waals surface area contributed by atoms with E-state index in [9.17, 15) is 9.59 Å². The van der Waals surface area contributed by atoms with Gasteiger partial charge >= 0.3 is 5.97 Å². The third-order valence-electron chi connectivity index (χ3n) is 5.93. The van der Waals surface area contributed by atoms with Crippen LogP contribution in [0.3, 0.4) is 0 Å². The fourth-order valence-electron chi connectivity index (χ4n) is 4.22. The molecule has 0 heterocycles. The zero-order valence-corrected chi connectivity index (χ0v) is 17.2. The van der Waals surface area contributed by atoms with E-state index in [0.717, 1.165) is 10.8 Å². The molecule has 0 atom stereocenters. The van der Waals surface area contributed by atoms with Crippen LogP contribution in [0.1, 0.15) is 64.3 Å². The normalized spacial score (nSPS) is 14.4. The number of benzene rings is 3. The van der Waals surface area contributed by atoms with Crippen molar-refractivity contribution in [1.82, 2.24) is 0 Å². The second-order valence-corrected chi connectivity index (χ2v) is 7.86. The lowest BCUT2D eigenvalue weighted by Crippen LogP contribution is -2.15. The van der Waals surface area contributed by atoms with E-state index in [2.05, 4.69) is 0 Å². The van der Waals surface area contributed by atoms with Crippen LogP contribution < -0.4 is 4.74 Å². The molecule has 0 unspecified atom stereocenters. The fraction of sp³-hybridized carbons (Fsp3) is 0.308. The first-order chi connectivity index (χ1) is 14.7. The lowest BCUT2D eigenvalue weighted by molar-refractivity contribution is 0.0472. The Kier molecular flexibility index (Phi) is 6.12. The Labute approximate surface area is 176 Å². The molecule has 0 aliphatic heterocycles. The molecule has 0 radical (unpaired) electrons. The molecule has 4 heteroatoms. The molecule has 1 fully saturated rings. The number of fused-ring (bicyclic) bond motifs is 1. The monoisotopic (exact) mass is 402 g/mol. The van der Waals surface area contributed by atoms with Crippen LogP contribution in [-0.4, -0.2) is 25.5 Å². The average molecular weight is 402 g/mol. The zero-order valence-electron chi connectivity index (χ0n) is 17.2. The van der Waals surface area contributed by atoms with Gasteiger partial charge in [-0.15, -0.1) is 0 Å². The number of ketones is 1. The van der Waals surface area contributed by atoms with Crippen molar-refractivity contribution in [2.24, 2.45) is 0 Å². The van der Waals surface area contributed by atoms with E-state index in [1.807, 2.05) is 48.5 Å². The Morgan fingerprint density at radius 2 is 1.57 bits per heavy atom. The van der Waals surface area contributed by atoms with Gasteiger partial charge in [0.15, 0.2) is 12.4 Å². The average Bonchev–Trinajstić information content (AvgIpc) is 2.82. The lowest BCUT2D eigenvalue weighted by Gasteiger charge is -2.22. The summed E-state index contributed by atoms with van der Waals surface area (Å²) in [7, 11) is 1.51. The molecule has 4 rings (SSSR count). The van der Waals surface area contributed by atoms with E-state index < -0.39 is 5.97 Å². The number of ether oxygens (including phenoxy) is 2. The molecule has 1 aliphatic rings. The third kappa shape index (κ3) is 4.38. The van der Waals surface area contributed by atoms with Gasteiger partial charge in [0.05, 0.1) is 7.11 Å². The van der Waals surface area contributed by atoms with Crippen molar-refractivity contribution in [3.63, 3.8) is 0 Å². The first-order valence-corrected chi connectivity index (χ1v) is 10.5. The zero-order chi connectivity index (χ0) is 20.9. The minimum atomic E-state index is -0.565. The summed E-state index contributed by atoms with van der Waals surface area (Å²) in [5.41, 5.74) is 2.17. The highest BCUT2D eigenvalue weighted by Gasteiger charge is 2.18. The van der Waals surface area contributed by atoms with Crippen molar-refractivity contribution in [2.45, 2.75) is 38.0 Å². The largest absolute Gasteiger partial charge is 0.496 e. The van der Waals surface area contributed by atoms with Crippen LogP contribution in [0, 0.1) is 0 Å². The van der Waals surface area contributed by atoms with Crippen LogP contribution in [-0.2, 0) is 4.74 Å². The highest BCUT2D eigenvalue weighted by molar-refractivity contribution is 6.02. The molecule has 0 amide bonds. The van der Waals surface area contributed by atoms with Crippen molar-refractivity contribution in [3.8, 4) is 5.75 Å². The first-order valence-electron chi connectivity index (χ1n) is 10.5. The van der Waals surface area contributed by atoms with Gasteiger partial charge in [-0.1, -0.05) is 67.8 Å². The summed E-state index contributed by atoms with van der Waals surface area (Å²) in [6.07, 6.45) is 6.32. The van der Waals surface area contributed by atoms with Gasteiger partial charge in [-0.05, 0) is 47.2 Å². The Bertz CT molecular complexity index is 1050. The molecule has 3 aromatic rings. The number of rotatable bonds is 6. The molecule has 0 aromatic heterocycles. The predicted molar refractivity (Wildman–Crippen MR) is 117 cm³/mol. The van der Waals surface area contributed by atoms with E-state index in [4.69, 9.17) is 9.47 Å². The maximum Gasteiger partial charge on any atom is 0.342 e. The minimum Gasteiger partial charge on any atom is -0.496 e. The molecule has 0 bridgehead atoms. The van der Waals surface area contributed by atoms with Crippen LogP contribution >= 0.6 is 0 Å². The van der Waals surface area contributed by atoms with Crippen LogP contribution in [0.4, 0.5) is 0 Å². The molecule has 3 aromatic carbocycles. The standard InChI is InChI=1S/C26H26O4/c1-29-25-16-22-10-6-5-9-21(22)15-23(25)26(28)30-17-24(27)20-13-11-19(12-14-20)18-7-3-2-4-8-18/h5-6,9-16,18H,2-4,7-8,17H2,1H3. The summed E-state index contributed by atoms with van der Waals surface area (Å²) in [5, 5.41) is 1.88.